The van der Waals surface area contributed by atoms with Gasteiger partial charge in [0, 0.05) is 20.1 Å². The summed E-state index contributed by atoms with van der Waals surface area (Å²) in [5.41, 5.74) is 8.72. The van der Waals surface area contributed by atoms with Gasteiger partial charge in [-0.05, 0) is 62.3 Å². The number of ether oxygens (including phenoxy) is 1. The number of primary amides is 1. The molecule has 26 heavy (non-hydrogen) atoms. The molecule has 7 nitrogen and oxygen atoms in total. The topological polar surface area (TPSA) is 82.9 Å². The van der Waals surface area contributed by atoms with E-state index < -0.39 is 6.03 Å². The molecular formula is C18H29N5O2S. The van der Waals surface area contributed by atoms with Crippen LogP contribution in [0.3, 0.4) is 0 Å². The van der Waals surface area contributed by atoms with E-state index in [1.807, 2.05) is 12.1 Å². The van der Waals surface area contributed by atoms with Gasteiger partial charge in [0.2, 0.25) is 0 Å². The van der Waals surface area contributed by atoms with Gasteiger partial charge in [0.05, 0.1) is 6.61 Å². The van der Waals surface area contributed by atoms with Crippen LogP contribution in [0.25, 0.3) is 0 Å². The van der Waals surface area contributed by atoms with Crippen molar-refractivity contribution in [2.24, 2.45) is 5.73 Å². The van der Waals surface area contributed by atoms with Crippen LogP contribution in [0.15, 0.2) is 24.3 Å². The number of thiocarbonyl (C=S) groups is 1. The average molecular weight is 380 g/mol. The summed E-state index contributed by atoms with van der Waals surface area (Å²) in [6.45, 7) is 4.62. The zero-order valence-electron chi connectivity index (χ0n) is 15.4. The number of hydrazine groups is 1. The van der Waals surface area contributed by atoms with Crippen molar-refractivity contribution in [2.75, 3.05) is 33.3 Å². The Balaban J connectivity index is 1.65. The van der Waals surface area contributed by atoms with Crippen molar-refractivity contribution in [1.29, 1.82) is 0 Å². The van der Waals surface area contributed by atoms with Gasteiger partial charge in [-0.3, -0.25) is 9.91 Å². The quantitative estimate of drug-likeness (QED) is 0.381. The molecule has 0 radical (unpaired) electrons. The normalized spacial score (nSPS) is 14.5. The maximum absolute atomic E-state index is 10.8. The van der Waals surface area contributed by atoms with Gasteiger partial charge in [-0.1, -0.05) is 18.6 Å². The lowest BCUT2D eigenvalue weighted by molar-refractivity contribution is 0.220. The zero-order valence-corrected chi connectivity index (χ0v) is 16.2. The number of hydrogen-bond donors (Lipinski definition) is 3. The van der Waals surface area contributed by atoms with Crippen LogP contribution in [0.4, 0.5) is 4.79 Å². The summed E-state index contributed by atoms with van der Waals surface area (Å²) < 4.78 is 5.84. The minimum atomic E-state index is -0.649. The maximum Gasteiger partial charge on any atom is 0.331 e. The van der Waals surface area contributed by atoms with Gasteiger partial charge in [-0.25, -0.2) is 10.2 Å². The standard InChI is InChI=1S/C18H29N5O2S/c1-22(21-17(19)24)18(26)20-9-6-12-25-16-8-5-7-15(13-16)14-23-10-3-2-4-11-23/h5,7-8,13H,2-4,6,9-12,14H2,1H3,(H,20,26)(H3,19,21,24). The number of hydrogen-bond acceptors (Lipinski definition) is 4. The third-order valence-corrected chi connectivity index (χ3v) is 4.62. The lowest BCUT2D eigenvalue weighted by Gasteiger charge is -2.26. The fourth-order valence-electron chi connectivity index (χ4n) is 2.90. The van der Waals surface area contributed by atoms with E-state index >= 15 is 0 Å². The highest BCUT2D eigenvalue weighted by atomic mass is 32.1. The summed E-state index contributed by atoms with van der Waals surface area (Å²) in [6, 6.07) is 7.67. The molecule has 1 saturated heterocycles. The molecule has 0 aromatic heterocycles. The Labute approximate surface area is 160 Å². The molecule has 1 aromatic carbocycles. The van der Waals surface area contributed by atoms with Gasteiger partial charge < -0.3 is 15.8 Å². The fourth-order valence-corrected chi connectivity index (χ4v) is 3.05. The number of amides is 2. The molecule has 1 aliphatic heterocycles. The zero-order chi connectivity index (χ0) is 18.8. The molecule has 0 unspecified atom stereocenters. The number of carbonyl (C=O) groups excluding carboxylic acids is 1. The van der Waals surface area contributed by atoms with E-state index in [0.717, 1.165) is 18.7 Å². The molecule has 0 spiro atoms. The number of piperidine rings is 1. The van der Waals surface area contributed by atoms with Gasteiger partial charge in [-0.2, -0.15) is 0 Å². The number of nitrogens with two attached hydrogens (primary N) is 1. The predicted molar refractivity (Wildman–Crippen MR) is 107 cm³/mol. The number of rotatable bonds is 7. The summed E-state index contributed by atoms with van der Waals surface area (Å²) in [5.74, 6) is 0.898. The Morgan fingerprint density at radius 1 is 1.35 bits per heavy atom. The first kappa shape index (κ1) is 20.3. The second-order valence-electron chi connectivity index (χ2n) is 6.45. The Morgan fingerprint density at radius 2 is 2.12 bits per heavy atom. The molecule has 4 N–H and O–H groups in total. The molecule has 1 heterocycles. The summed E-state index contributed by atoms with van der Waals surface area (Å²) >= 11 is 5.13. The SMILES string of the molecule is CN(NC(N)=O)C(=S)NCCCOc1cccc(CN2CCCCC2)c1. The molecule has 2 amide bonds. The summed E-state index contributed by atoms with van der Waals surface area (Å²) in [5, 5.41) is 4.83. The molecular weight excluding hydrogens is 350 g/mol. The molecule has 0 saturated carbocycles. The molecule has 1 fully saturated rings. The van der Waals surface area contributed by atoms with Crippen molar-refractivity contribution in [2.45, 2.75) is 32.2 Å². The first-order valence-corrected chi connectivity index (χ1v) is 9.47. The van der Waals surface area contributed by atoms with Crippen LogP contribution in [0.1, 0.15) is 31.2 Å². The number of nitrogens with zero attached hydrogens (tertiary/aromatic N) is 2. The van der Waals surface area contributed by atoms with Crippen LogP contribution in [-0.4, -0.2) is 54.3 Å². The van der Waals surface area contributed by atoms with E-state index in [0.29, 0.717) is 18.3 Å². The number of nitrogens with one attached hydrogen (secondary N) is 2. The van der Waals surface area contributed by atoms with Gasteiger partial charge in [0.15, 0.2) is 5.11 Å². The predicted octanol–water partition coefficient (Wildman–Crippen LogP) is 1.83. The molecule has 0 atom stereocenters. The lowest BCUT2D eigenvalue weighted by Crippen LogP contribution is -2.50. The second-order valence-corrected chi connectivity index (χ2v) is 6.84. The summed E-state index contributed by atoms with van der Waals surface area (Å²) in [6.07, 6.45) is 4.75. The van der Waals surface area contributed by atoms with Crippen LogP contribution < -0.4 is 21.2 Å². The van der Waals surface area contributed by atoms with Crippen LogP contribution in [0.5, 0.6) is 5.75 Å². The molecule has 0 bridgehead atoms. The van der Waals surface area contributed by atoms with Gasteiger partial charge in [-0.15, -0.1) is 0 Å². The van der Waals surface area contributed by atoms with Crippen LogP contribution in [0, 0.1) is 0 Å². The summed E-state index contributed by atoms with van der Waals surface area (Å²) in [4.78, 5) is 13.3. The summed E-state index contributed by atoms with van der Waals surface area (Å²) in [7, 11) is 1.63. The van der Waals surface area contributed by atoms with E-state index in [-0.39, 0.29) is 0 Å². The number of carbonyl (C=O) groups is 1. The maximum atomic E-state index is 10.8. The third-order valence-electron chi connectivity index (χ3n) is 4.20. The van der Waals surface area contributed by atoms with Crippen molar-refractivity contribution in [3.05, 3.63) is 29.8 Å². The highest BCUT2D eigenvalue weighted by Crippen LogP contribution is 2.17. The van der Waals surface area contributed by atoms with Crippen molar-refractivity contribution in [3.8, 4) is 5.75 Å². The number of likely N-dealkylation sites (tertiary alicyclic amines) is 1. The largest absolute Gasteiger partial charge is 0.494 e. The Kier molecular flexibility index (Phi) is 8.43. The third kappa shape index (κ3) is 7.45. The minimum Gasteiger partial charge on any atom is -0.494 e. The van der Waals surface area contributed by atoms with Crippen LogP contribution in [0.2, 0.25) is 0 Å². The number of benzene rings is 1. The molecule has 8 heteroatoms. The Hall–Kier alpha value is -2.06. The van der Waals surface area contributed by atoms with E-state index in [9.17, 15) is 4.79 Å². The first-order chi connectivity index (χ1) is 12.5. The van der Waals surface area contributed by atoms with E-state index in [1.165, 1.54) is 42.9 Å². The molecule has 144 valence electrons. The van der Waals surface area contributed by atoms with E-state index in [2.05, 4.69) is 27.8 Å². The molecule has 2 rings (SSSR count). The highest BCUT2D eigenvalue weighted by Gasteiger charge is 2.10. The van der Waals surface area contributed by atoms with Crippen molar-refractivity contribution < 1.29 is 9.53 Å². The van der Waals surface area contributed by atoms with E-state index in [4.69, 9.17) is 22.7 Å². The van der Waals surface area contributed by atoms with E-state index in [1.54, 1.807) is 7.05 Å². The van der Waals surface area contributed by atoms with Crippen LogP contribution >= 0.6 is 12.2 Å². The Bertz CT molecular complexity index is 593. The van der Waals surface area contributed by atoms with Gasteiger partial charge in [0.1, 0.15) is 5.75 Å². The minimum absolute atomic E-state index is 0.410. The highest BCUT2D eigenvalue weighted by molar-refractivity contribution is 7.80. The van der Waals surface area contributed by atoms with Crippen LogP contribution in [-0.2, 0) is 6.54 Å². The van der Waals surface area contributed by atoms with Crippen molar-refractivity contribution in [3.63, 3.8) is 0 Å². The molecule has 0 aliphatic carbocycles. The lowest BCUT2D eigenvalue weighted by atomic mass is 10.1. The van der Waals surface area contributed by atoms with Crippen molar-refractivity contribution >= 4 is 23.4 Å². The Morgan fingerprint density at radius 3 is 2.85 bits per heavy atom. The fraction of sp³-hybridized carbons (Fsp3) is 0.556. The first-order valence-electron chi connectivity index (χ1n) is 9.06. The van der Waals surface area contributed by atoms with Gasteiger partial charge >= 0.3 is 6.03 Å². The molecule has 1 aromatic rings. The smallest absolute Gasteiger partial charge is 0.331 e. The van der Waals surface area contributed by atoms with Crippen molar-refractivity contribution in [1.82, 2.24) is 20.7 Å². The van der Waals surface area contributed by atoms with Gasteiger partial charge in [0.25, 0.3) is 0 Å². The second kappa shape index (κ2) is 10.8. The number of urea groups is 1. The monoisotopic (exact) mass is 379 g/mol. The average Bonchev–Trinajstić information content (AvgIpc) is 2.62. The molecule has 1 aliphatic rings.